The van der Waals surface area contributed by atoms with Gasteiger partial charge in [0.1, 0.15) is 13.7 Å². The van der Waals surface area contributed by atoms with Gasteiger partial charge in [-0.25, -0.2) is 4.98 Å². The van der Waals surface area contributed by atoms with Crippen LogP contribution in [0.5, 0.6) is 0 Å². The number of benzene rings is 1. The number of hydrogen-bond acceptors (Lipinski definition) is 6. The number of anilines is 3. The van der Waals surface area contributed by atoms with Gasteiger partial charge in [-0.3, -0.25) is 9.36 Å². The van der Waals surface area contributed by atoms with Gasteiger partial charge < -0.3 is 15.1 Å². The van der Waals surface area contributed by atoms with Crippen LogP contribution in [0.1, 0.15) is 52.7 Å². The van der Waals surface area contributed by atoms with E-state index in [4.69, 9.17) is 4.98 Å². The first-order valence-corrected chi connectivity index (χ1v) is 16.4. The van der Waals surface area contributed by atoms with Crippen molar-refractivity contribution in [2.75, 3.05) is 43.4 Å². The highest BCUT2D eigenvalue weighted by Gasteiger charge is 2.41. The van der Waals surface area contributed by atoms with Crippen molar-refractivity contribution in [3.05, 3.63) is 51.9 Å². The predicted octanol–water partition coefficient (Wildman–Crippen LogP) is 5.70. The van der Waals surface area contributed by atoms with E-state index in [1.807, 2.05) is 13.1 Å². The molecule has 0 radical (unpaired) electrons. The zero-order valence-electron chi connectivity index (χ0n) is 25.1. The first kappa shape index (κ1) is 28.8. The molecule has 2 aromatic heterocycles. The Morgan fingerprint density at radius 2 is 1.51 bits per heavy atom. The fourth-order valence-electron chi connectivity index (χ4n) is 6.24. The van der Waals surface area contributed by atoms with Crippen LogP contribution < -0.4 is 15.8 Å². The van der Waals surface area contributed by atoms with Crippen molar-refractivity contribution in [1.82, 2.24) is 19.4 Å². The average molecular weight is 545 g/mol. The number of piperazine rings is 1. The zero-order chi connectivity index (χ0) is 28.5. The Balaban J connectivity index is 1.69. The summed E-state index contributed by atoms with van der Waals surface area (Å²) in [5.74, 6) is 3.97. The minimum Gasteiger partial charge on any atom is -0.369 e. The monoisotopic (exact) mass is 544 g/mol. The molecule has 3 heterocycles. The van der Waals surface area contributed by atoms with Crippen LogP contribution in [0.3, 0.4) is 0 Å². The molecule has 8 heteroatoms. The highest BCUT2D eigenvalue weighted by atomic mass is 28.3. The molecule has 0 spiro atoms. The summed E-state index contributed by atoms with van der Waals surface area (Å²) in [6.07, 6.45) is 1.81. The number of aryl methyl sites for hydroxylation is 1. The summed E-state index contributed by atoms with van der Waals surface area (Å²) in [6, 6.07) is 8.38. The van der Waals surface area contributed by atoms with Gasteiger partial charge in [-0.2, -0.15) is 4.98 Å². The molecule has 208 valence electrons. The lowest BCUT2D eigenvalue weighted by molar-refractivity contribution is 0.313. The van der Waals surface area contributed by atoms with Crippen LogP contribution in [0.2, 0.25) is 16.6 Å². The molecular formula is C31H44N6OSi. The molecule has 4 rings (SSSR count). The minimum atomic E-state index is -1.96. The molecule has 3 aromatic rings. The van der Waals surface area contributed by atoms with E-state index in [9.17, 15) is 4.79 Å². The van der Waals surface area contributed by atoms with E-state index in [0.717, 1.165) is 42.8 Å². The maximum absolute atomic E-state index is 13.2. The normalized spacial score (nSPS) is 14.8. The molecule has 39 heavy (non-hydrogen) atoms. The van der Waals surface area contributed by atoms with Crippen LogP contribution in [-0.4, -0.2) is 60.7 Å². The van der Waals surface area contributed by atoms with Gasteiger partial charge in [0.15, 0.2) is 0 Å². The Hall–Kier alpha value is -3.15. The van der Waals surface area contributed by atoms with Crippen molar-refractivity contribution in [2.45, 2.75) is 65.1 Å². The first-order valence-electron chi connectivity index (χ1n) is 14.2. The molecule has 0 saturated carbocycles. The molecule has 0 aliphatic carbocycles. The Kier molecular flexibility index (Phi) is 8.53. The average Bonchev–Trinajstić information content (AvgIpc) is 2.90. The van der Waals surface area contributed by atoms with E-state index in [1.165, 1.54) is 5.69 Å². The van der Waals surface area contributed by atoms with Gasteiger partial charge in [0.25, 0.3) is 5.56 Å². The van der Waals surface area contributed by atoms with Crippen LogP contribution in [0, 0.1) is 18.4 Å². The molecule has 1 aliphatic rings. The van der Waals surface area contributed by atoms with Crippen molar-refractivity contribution in [2.24, 2.45) is 7.05 Å². The van der Waals surface area contributed by atoms with Crippen molar-refractivity contribution in [1.29, 1.82) is 0 Å². The fraction of sp³-hybridized carbons (Fsp3) is 0.516. The molecule has 0 amide bonds. The SMILES string of the molecule is Cc1c(C#C[Si](C(C)C)(C(C)C)C(C)C)c2cnc(Nc3ccc(N4CCN(C)CC4)cc3)nc2n(C)c1=O. The molecule has 0 atom stereocenters. The molecule has 1 saturated heterocycles. The minimum absolute atomic E-state index is 0.0705. The van der Waals surface area contributed by atoms with E-state index in [-0.39, 0.29) is 5.56 Å². The van der Waals surface area contributed by atoms with Crippen molar-refractivity contribution in [3.63, 3.8) is 0 Å². The largest absolute Gasteiger partial charge is 0.369 e. The summed E-state index contributed by atoms with van der Waals surface area (Å²) in [5, 5.41) is 4.14. The van der Waals surface area contributed by atoms with E-state index in [0.29, 0.717) is 33.8 Å². The molecule has 0 bridgehead atoms. The second-order valence-corrected chi connectivity index (χ2v) is 17.5. The van der Waals surface area contributed by atoms with Gasteiger partial charge in [0.2, 0.25) is 5.95 Å². The summed E-state index contributed by atoms with van der Waals surface area (Å²) in [7, 11) is 1.97. The van der Waals surface area contributed by atoms with E-state index < -0.39 is 8.07 Å². The standard InChI is InChI=1S/C31H44N6OSi/c1-21(2)39(22(3)4,23(5)6)19-14-27-24(7)30(38)36(9)29-28(27)20-32-31(34-29)33-25-10-12-26(13-11-25)37-17-15-35(8)16-18-37/h10-13,20-23H,15-18H2,1-9H3,(H,32,33,34). The molecule has 1 aliphatic heterocycles. The first-order chi connectivity index (χ1) is 18.5. The number of pyridine rings is 1. The Bertz CT molecular complexity index is 1420. The second-order valence-electron chi connectivity index (χ2n) is 11.9. The number of aromatic nitrogens is 3. The van der Waals surface area contributed by atoms with Gasteiger partial charge in [0, 0.05) is 61.9 Å². The Labute approximate surface area is 234 Å². The molecule has 1 fully saturated rings. The second kappa shape index (κ2) is 11.5. The predicted molar refractivity (Wildman–Crippen MR) is 167 cm³/mol. The van der Waals surface area contributed by atoms with Gasteiger partial charge in [-0.1, -0.05) is 47.5 Å². The van der Waals surface area contributed by atoms with E-state index in [1.54, 1.807) is 11.6 Å². The van der Waals surface area contributed by atoms with Crippen molar-refractivity contribution >= 4 is 36.4 Å². The number of likely N-dealkylation sites (N-methyl/N-ethyl adjacent to an activating group) is 1. The molecular weight excluding hydrogens is 500 g/mol. The summed E-state index contributed by atoms with van der Waals surface area (Å²) < 4.78 is 1.61. The lowest BCUT2D eigenvalue weighted by Gasteiger charge is -2.38. The molecule has 0 unspecified atom stereocenters. The van der Waals surface area contributed by atoms with E-state index in [2.05, 4.69) is 104 Å². The third-order valence-corrected chi connectivity index (χ3v) is 14.9. The number of rotatable bonds is 6. The highest BCUT2D eigenvalue weighted by Crippen LogP contribution is 2.41. The summed E-state index contributed by atoms with van der Waals surface area (Å²) in [5.41, 5.74) is 9.38. The Morgan fingerprint density at radius 1 is 0.923 bits per heavy atom. The van der Waals surface area contributed by atoms with Gasteiger partial charge in [0.05, 0.1) is 5.39 Å². The van der Waals surface area contributed by atoms with Crippen LogP contribution in [0.25, 0.3) is 11.0 Å². The quantitative estimate of drug-likeness (QED) is 0.317. The van der Waals surface area contributed by atoms with Crippen LogP contribution >= 0.6 is 0 Å². The molecule has 1 aromatic carbocycles. The zero-order valence-corrected chi connectivity index (χ0v) is 26.1. The highest BCUT2D eigenvalue weighted by molar-refractivity contribution is 6.90. The summed E-state index contributed by atoms with van der Waals surface area (Å²) in [6.45, 7) is 19.9. The number of nitrogens with zero attached hydrogens (tertiary/aromatic N) is 5. The number of hydrogen-bond donors (Lipinski definition) is 1. The molecule has 7 nitrogen and oxygen atoms in total. The number of nitrogens with one attached hydrogen (secondary N) is 1. The van der Waals surface area contributed by atoms with Crippen LogP contribution in [-0.2, 0) is 7.05 Å². The number of fused-ring (bicyclic) bond motifs is 1. The van der Waals surface area contributed by atoms with Crippen molar-refractivity contribution < 1.29 is 0 Å². The third kappa shape index (κ3) is 5.61. The smallest absolute Gasteiger partial charge is 0.256 e. The topological polar surface area (TPSA) is 66.3 Å². The fourth-order valence-corrected chi connectivity index (χ4v) is 11.4. The summed E-state index contributed by atoms with van der Waals surface area (Å²) >= 11 is 0. The van der Waals surface area contributed by atoms with Gasteiger partial charge in [-0.15, -0.1) is 5.54 Å². The van der Waals surface area contributed by atoms with Gasteiger partial charge in [-0.05, 0) is 54.9 Å². The maximum atomic E-state index is 13.2. The van der Waals surface area contributed by atoms with Gasteiger partial charge >= 0.3 is 0 Å². The van der Waals surface area contributed by atoms with Crippen LogP contribution in [0.15, 0.2) is 35.3 Å². The van der Waals surface area contributed by atoms with Crippen LogP contribution in [0.4, 0.5) is 17.3 Å². The lowest BCUT2D eigenvalue weighted by atomic mass is 10.1. The molecule has 1 N–H and O–H groups in total. The maximum Gasteiger partial charge on any atom is 0.256 e. The lowest BCUT2D eigenvalue weighted by Crippen LogP contribution is -2.44. The van der Waals surface area contributed by atoms with E-state index >= 15 is 0 Å². The summed E-state index contributed by atoms with van der Waals surface area (Å²) in [4.78, 5) is 27.4. The van der Waals surface area contributed by atoms with Crippen molar-refractivity contribution in [3.8, 4) is 11.5 Å². The Morgan fingerprint density at radius 3 is 2.08 bits per heavy atom. The third-order valence-electron chi connectivity index (χ3n) is 8.62.